The van der Waals surface area contributed by atoms with E-state index < -0.39 is 0 Å². The molecule has 0 saturated carbocycles. The lowest BCUT2D eigenvalue weighted by Crippen LogP contribution is -1.99. The van der Waals surface area contributed by atoms with E-state index in [-0.39, 0.29) is 11.5 Å². The Hall–Kier alpha value is -2.48. The Kier molecular flexibility index (Phi) is 12.3. The highest BCUT2D eigenvalue weighted by Crippen LogP contribution is 2.43. The average molecular weight is 503 g/mol. The van der Waals surface area contributed by atoms with Crippen LogP contribution >= 0.6 is 0 Å². The molecule has 2 heteroatoms. The van der Waals surface area contributed by atoms with Crippen LogP contribution in [0.3, 0.4) is 0 Å². The summed E-state index contributed by atoms with van der Waals surface area (Å²) in [6.45, 7) is 6.72. The maximum absolute atomic E-state index is 10.7. The van der Waals surface area contributed by atoms with Gasteiger partial charge >= 0.3 is 0 Å². The lowest BCUT2D eigenvalue weighted by atomic mass is 9.84. The summed E-state index contributed by atoms with van der Waals surface area (Å²) in [6, 6.07) is 15.7. The molecule has 37 heavy (non-hydrogen) atoms. The number of fused-ring (bicyclic) bond motifs is 1. The SMILES string of the molecule is CCCCCCCCCCCCCCCCC(C)c1ccc2c(C)cccc2c1-c1cc(O)ccc1O. The summed E-state index contributed by atoms with van der Waals surface area (Å²) in [5.74, 6) is 0.791. The van der Waals surface area contributed by atoms with Gasteiger partial charge in [-0.05, 0) is 64.9 Å². The molecule has 0 aromatic heterocycles. The standard InChI is InChI=1S/C35H50O2/c1-4-5-6-7-8-9-10-11-12-13-14-15-16-17-19-28(3)31-24-23-30-27(2)20-18-21-32(30)35(31)33-26-29(36)22-25-34(33)37/h18,20-26,28,36-37H,4-17,19H2,1-3H3. The first-order valence-electron chi connectivity index (χ1n) is 15.1. The summed E-state index contributed by atoms with van der Waals surface area (Å²) in [5.41, 5.74) is 4.27. The van der Waals surface area contributed by atoms with Crippen LogP contribution in [0.5, 0.6) is 11.5 Å². The molecule has 0 aliphatic rings. The van der Waals surface area contributed by atoms with E-state index >= 15 is 0 Å². The van der Waals surface area contributed by atoms with Gasteiger partial charge in [-0.15, -0.1) is 0 Å². The Bertz CT molecular complexity index is 1080. The van der Waals surface area contributed by atoms with Gasteiger partial charge in [-0.3, -0.25) is 0 Å². The first-order valence-corrected chi connectivity index (χ1v) is 15.1. The van der Waals surface area contributed by atoms with Crippen LogP contribution in [0.4, 0.5) is 0 Å². The molecule has 0 amide bonds. The van der Waals surface area contributed by atoms with Gasteiger partial charge in [0.05, 0.1) is 0 Å². The van der Waals surface area contributed by atoms with Crippen molar-refractivity contribution in [2.75, 3.05) is 0 Å². The van der Waals surface area contributed by atoms with Crippen LogP contribution in [0, 0.1) is 6.92 Å². The van der Waals surface area contributed by atoms with Crippen LogP contribution in [0.1, 0.15) is 127 Å². The molecule has 0 fully saturated rings. The molecule has 0 heterocycles. The molecule has 1 atom stereocenters. The fourth-order valence-electron chi connectivity index (χ4n) is 5.77. The molecular formula is C35H50O2. The van der Waals surface area contributed by atoms with Crippen LogP contribution in [0.25, 0.3) is 21.9 Å². The smallest absolute Gasteiger partial charge is 0.123 e. The predicted octanol–water partition coefficient (Wildman–Crippen LogP) is 11.2. The summed E-state index contributed by atoms with van der Waals surface area (Å²) in [6.07, 6.45) is 20.5. The number of phenols is 2. The number of unbranched alkanes of at least 4 members (excludes halogenated alkanes) is 13. The fraction of sp³-hybridized carbons (Fsp3) is 0.543. The highest BCUT2D eigenvalue weighted by Gasteiger charge is 2.18. The molecule has 2 nitrogen and oxygen atoms in total. The molecule has 1 unspecified atom stereocenters. The van der Waals surface area contributed by atoms with Gasteiger partial charge in [0, 0.05) is 5.56 Å². The van der Waals surface area contributed by atoms with Gasteiger partial charge in [-0.1, -0.05) is 134 Å². The summed E-state index contributed by atoms with van der Waals surface area (Å²) in [7, 11) is 0. The van der Waals surface area contributed by atoms with E-state index in [0.717, 1.165) is 22.9 Å². The van der Waals surface area contributed by atoms with Gasteiger partial charge < -0.3 is 10.2 Å². The number of aryl methyl sites for hydroxylation is 1. The van der Waals surface area contributed by atoms with Gasteiger partial charge in [0.2, 0.25) is 0 Å². The molecule has 0 bridgehead atoms. The van der Waals surface area contributed by atoms with Crippen LogP contribution in [0.2, 0.25) is 0 Å². The topological polar surface area (TPSA) is 40.5 Å². The van der Waals surface area contributed by atoms with Gasteiger partial charge in [0.25, 0.3) is 0 Å². The summed E-state index contributed by atoms with van der Waals surface area (Å²) in [4.78, 5) is 0. The van der Waals surface area contributed by atoms with Crippen molar-refractivity contribution < 1.29 is 10.2 Å². The number of phenolic OH excluding ortho intramolecular Hbond substituents is 2. The number of hydrogen-bond donors (Lipinski definition) is 2. The first kappa shape index (κ1) is 29.1. The Morgan fingerprint density at radius 2 is 1.24 bits per heavy atom. The Morgan fingerprint density at radius 3 is 1.86 bits per heavy atom. The zero-order valence-corrected chi connectivity index (χ0v) is 23.7. The van der Waals surface area contributed by atoms with E-state index in [2.05, 4.69) is 51.1 Å². The quantitative estimate of drug-likeness (QED) is 0.142. The number of hydrogen-bond acceptors (Lipinski definition) is 2. The van der Waals surface area contributed by atoms with Crippen LogP contribution in [0.15, 0.2) is 48.5 Å². The third-order valence-electron chi connectivity index (χ3n) is 8.08. The van der Waals surface area contributed by atoms with Gasteiger partial charge in [-0.25, -0.2) is 0 Å². The van der Waals surface area contributed by atoms with Gasteiger partial charge in [0.15, 0.2) is 0 Å². The summed E-state index contributed by atoms with van der Waals surface area (Å²) >= 11 is 0. The lowest BCUT2D eigenvalue weighted by molar-refractivity contribution is 0.462. The van der Waals surface area contributed by atoms with Gasteiger partial charge in [-0.2, -0.15) is 0 Å². The zero-order valence-electron chi connectivity index (χ0n) is 23.7. The highest BCUT2D eigenvalue weighted by molar-refractivity contribution is 6.01. The Balaban J connectivity index is 1.49. The molecule has 0 saturated heterocycles. The van der Waals surface area contributed by atoms with Crippen molar-refractivity contribution in [2.24, 2.45) is 0 Å². The van der Waals surface area contributed by atoms with Gasteiger partial charge in [0.1, 0.15) is 11.5 Å². The second-order valence-corrected chi connectivity index (χ2v) is 11.2. The predicted molar refractivity (Wildman–Crippen MR) is 161 cm³/mol. The summed E-state index contributed by atoms with van der Waals surface area (Å²) < 4.78 is 0. The molecule has 202 valence electrons. The van der Waals surface area contributed by atoms with Crippen LogP contribution in [-0.4, -0.2) is 10.2 Å². The highest BCUT2D eigenvalue weighted by atomic mass is 16.3. The van der Waals surface area contributed by atoms with Crippen molar-refractivity contribution in [3.05, 3.63) is 59.7 Å². The van der Waals surface area contributed by atoms with E-state index in [4.69, 9.17) is 0 Å². The minimum absolute atomic E-state index is 0.183. The third-order valence-corrected chi connectivity index (χ3v) is 8.08. The van der Waals surface area contributed by atoms with E-state index in [1.54, 1.807) is 18.2 Å². The molecule has 3 rings (SSSR count). The Labute approximate surface area is 226 Å². The molecule has 0 spiro atoms. The van der Waals surface area contributed by atoms with Crippen molar-refractivity contribution in [3.8, 4) is 22.6 Å². The third kappa shape index (κ3) is 8.80. The lowest BCUT2D eigenvalue weighted by Gasteiger charge is -2.20. The largest absolute Gasteiger partial charge is 0.508 e. The van der Waals surface area contributed by atoms with E-state index in [1.807, 2.05) is 0 Å². The average Bonchev–Trinajstić information content (AvgIpc) is 2.90. The van der Waals surface area contributed by atoms with E-state index in [9.17, 15) is 10.2 Å². The maximum atomic E-state index is 10.7. The van der Waals surface area contributed by atoms with Crippen LogP contribution < -0.4 is 0 Å². The fourth-order valence-corrected chi connectivity index (χ4v) is 5.77. The molecule has 0 aliphatic heterocycles. The Morgan fingerprint density at radius 1 is 0.649 bits per heavy atom. The summed E-state index contributed by atoms with van der Waals surface area (Å²) in [5, 5.41) is 23.3. The number of benzene rings is 3. The second kappa shape index (κ2) is 15.7. The van der Waals surface area contributed by atoms with E-state index in [1.165, 1.54) is 106 Å². The normalized spacial score (nSPS) is 12.3. The molecule has 0 aliphatic carbocycles. The molecule has 3 aromatic rings. The van der Waals surface area contributed by atoms with Crippen molar-refractivity contribution in [1.82, 2.24) is 0 Å². The van der Waals surface area contributed by atoms with Crippen molar-refractivity contribution >= 4 is 10.8 Å². The molecule has 3 aromatic carbocycles. The van der Waals surface area contributed by atoms with Crippen molar-refractivity contribution in [1.29, 1.82) is 0 Å². The van der Waals surface area contributed by atoms with Crippen molar-refractivity contribution in [2.45, 2.75) is 123 Å². The monoisotopic (exact) mass is 502 g/mol. The number of rotatable bonds is 17. The first-order chi connectivity index (χ1) is 18.0. The molecule has 2 N–H and O–H groups in total. The maximum Gasteiger partial charge on any atom is 0.123 e. The van der Waals surface area contributed by atoms with Crippen LogP contribution in [-0.2, 0) is 0 Å². The zero-order chi connectivity index (χ0) is 26.5. The minimum atomic E-state index is 0.183. The number of aromatic hydroxyl groups is 2. The van der Waals surface area contributed by atoms with Crippen molar-refractivity contribution in [3.63, 3.8) is 0 Å². The minimum Gasteiger partial charge on any atom is -0.508 e. The molecule has 0 radical (unpaired) electrons. The second-order valence-electron chi connectivity index (χ2n) is 11.2. The molecular weight excluding hydrogens is 452 g/mol. The van der Waals surface area contributed by atoms with E-state index in [0.29, 0.717) is 5.92 Å².